The zero-order valence-corrected chi connectivity index (χ0v) is 7.93. The quantitative estimate of drug-likeness (QED) is 0.426. The van der Waals surface area contributed by atoms with Crippen LogP contribution in [0.4, 0.5) is 0 Å². The van der Waals surface area contributed by atoms with Crippen molar-refractivity contribution in [2.45, 2.75) is 32.1 Å². The highest BCUT2D eigenvalue weighted by Gasteiger charge is 1.88. The van der Waals surface area contributed by atoms with Crippen LogP contribution < -0.4 is 5.73 Å². The highest BCUT2D eigenvalue weighted by Crippen LogP contribution is 1.98. The maximum absolute atomic E-state index is 5.37. The van der Waals surface area contributed by atoms with Gasteiger partial charge >= 0.3 is 0 Å². The summed E-state index contributed by atoms with van der Waals surface area (Å²) in [6.07, 6.45) is 7.63. The van der Waals surface area contributed by atoms with E-state index in [9.17, 15) is 0 Å². The fourth-order valence-electron chi connectivity index (χ4n) is 0.971. The highest BCUT2D eigenvalue weighted by atomic mass is 16.5. The van der Waals surface area contributed by atoms with E-state index in [-0.39, 0.29) is 0 Å². The summed E-state index contributed by atoms with van der Waals surface area (Å²) in [5, 5.41) is 0. The first kappa shape index (κ1) is 11.7. The van der Waals surface area contributed by atoms with Crippen molar-refractivity contribution in [3.63, 3.8) is 0 Å². The number of unbranched alkanes of at least 4 members (excludes halogenated alkanes) is 3. The van der Waals surface area contributed by atoms with Crippen LogP contribution in [0, 0.1) is 0 Å². The van der Waals surface area contributed by atoms with Gasteiger partial charge in [-0.15, -0.1) is 6.58 Å². The Balaban J connectivity index is 2.77. The summed E-state index contributed by atoms with van der Waals surface area (Å²) >= 11 is 0. The van der Waals surface area contributed by atoms with Gasteiger partial charge in [0.05, 0.1) is 0 Å². The van der Waals surface area contributed by atoms with Gasteiger partial charge in [-0.25, -0.2) is 0 Å². The second-order valence-corrected chi connectivity index (χ2v) is 2.89. The molecule has 0 radical (unpaired) electrons. The van der Waals surface area contributed by atoms with E-state index in [1.165, 1.54) is 12.8 Å². The van der Waals surface area contributed by atoms with E-state index in [2.05, 4.69) is 6.58 Å². The summed E-state index contributed by atoms with van der Waals surface area (Å²) < 4.78 is 5.35. The van der Waals surface area contributed by atoms with Gasteiger partial charge in [0.15, 0.2) is 0 Å². The molecular weight excluding hydrogens is 150 g/mol. The molecule has 2 N–H and O–H groups in total. The number of ether oxygens (including phenoxy) is 1. The molecule has 0 heterocycles. The van der Waals surface area contributed by atoms with Gasteiger partial charge in [-0.2, -0.15) is 0 Å². The molecule has 2 nitrogen and oxygen atoms in total. The van der Waals surface area contributed by atoms with E-state index in [1.807, 2.05) is 6.08 Å². The molecule has 0 bridgehead atoms. The molecule has 0 aliphatic rings. The maximum atomic E-state index is 5.37. The van der Waals surface area contributed by atoms with Crippen LogP contribution in [-0.2, 0) is 4.74 Å². The van der Waals surface area contributed by atoms with E-state index in [0.717, 1.165) is 39.0 Å². The summed E-state index contributed by atoms with van der Waals surface area (Å²) in [7, 11) is 0. The van der Waals surface area contributed by atoms with Gasteiger partial charge in [-0.1, -0.05) is 18.9 Å². The van der Waals surface area contributed by atoms with Crippen molar-refractivity contribution < 1.29 is 4.74 Å². The molecule has 0 rings (SSSR count). The van der Waals surface area contributed by atoms with E-state index in [0.29, 0.717) is 0 Å². The average Bonchev–Trinajstić information content (AvgIpc) is 2.10. The molecule has 0 aromatic heterocycles. The minimum atomic E-state index is 0.817. The molecule has 0 saturated carbocycles. The Bertz CT molecular complexity index is 93.8. The van der Waals surface area contributed by atoms with E-state index in [4.69, 9.17) is 10.5 Å². The zero-order valence-electron chi connectivity index (χ0n) is 7.93. The fourth-order valence-corrected chi connectivity index (χ4v) is 0.971. The van der Waals surface area contributed by atoms with Crippen LogP contribution in [-0.4, -0.2) is 19.8 Å². The minimum Gasteiger partial charge on any atom is -0.381 e. The Morgan fingerprint density at radius 1 is 1.08 bits per heavy atom. The maximum Gasteiger partial charge on any atom is 0.0500 e. The van der Waals surface area contributed by atoms with Crippen molar-refractivity contribution in [3.05, 3.63) is 12.7 Å². The third-order valence-electron chi connectivity index (χ3n) is 1.71. The normalized spacial score (nSPS) is 10.1. The summed E-state index contributed by atoms with van der Waals surface area (Å²) in [6.45, 7) is 6.15. The fraction of sp³-hybridized carbons (Fsp3) is 0.800. The van der Waals surface area contributed by atoms with Gasteiger partial charge in [-0.05, 0) is 25.8 Å². The molecule has 12 heavy (non-hydrogen) atoms. The van der Waals surface area contributed by atoms with Crippen LogP contribution in [0.25, 0.3) is 0 Å². The topological polar surface area (TPSA) is 35.2 Å². The van der Waals surface area contributed by atoms with Crippen LogP contribution >= 0.6 is 0 Å². The standard InChI is InChI=1S/C10H21NO/c1-2-3-9-12-10-7-5-4-6-8-11/h2H,1,3-11H2. The van der Waals surface area contributed by atoms with Crippen LogP contribution in [0.1, 0.15) is 32.1 Å². The first-order valence-electron chi connectivity index (χ1n) is 4.80. The lowest BCUT2D eigenvalue weighted by molar-refractivity contribution is 0.134. The molecule has 0 unspecified atom stereocenters. The lowest BCUT2D eigenvalue weighted by atomic mass is 10.2. The Hall–Kier alpha value is -0.340. The Kier molecular flexibility index (Phi) is 10.4. The third-order valence-corrected chi connectivity index (χ3v) is 1.71. The first-order chi connectivity index (χ1) is 5.91. The van der Waals surface area contributed by atoms with E-state index in [1.54, 1.807) is 0 Å². The second kappa shape index (κ2) is 10.7. The first-order valence-corrected chi connectivity index (χ1v) is 4.80. The SMILES string of the molecule is C=CCCOCCCCCCN. The minimum absolute atomic E-state index is 0.817. The van der Waals surface area contributed by atoms with Crippen molar-refractivity contribution in [1.82, 2.24) is 0 Å². The monoisotopic (exact) mass is 171 g/mol. The van der Waals surface area contributed by atoms with E-state index >= 15 is 0 Å². The van der Waals surface area contributed by atoms with Gasteiger partial charge in [0.2, 0.25) is 0 Å². The lowest BCUT2D eigenvalue weighted by Gasteiger charge is -2.01. The zero-order chi connectivity index (χ0) is 9.07. The molecule has 0 aromatic rings. The summed E-state index contributed by atoms with van der Waals surface area (Å²) in [6, 6.07) is 0. The predicted octanol–water partition coefficient (Wildman–Crippen LogP) is 2.10. The van der Waals surface area contributed by atoms with Crippen LogP contribution in [0.3, 0.4) is 0 Å². The van der Waals surface area contributed by atoms with Crippen LogP contribution in [0.15, 0.2) is 12.7 Å². The Labute approximate surface area is 75.8 Å². The van der Waals surface area contributed by atoms with Gasteiger partial charge in [0, 0.05) is 13.2 Å². The van der Waals surface area contributed by atoms with Crippen molar-refractivity contribution in [2.24, 2.45) is 5.73 Å². The molecule has 0 aliphatic heterocycles. The number of nitrogens with two attached hydrogens (primary N) is 1. The summed E-state index contributed by atoms with van der Waals surface area (Å²) in [5.74, 6) is 0. The van der Waals surface area contributed by atoms with Crippen molar-refractivity contribution in [2.75, 3.05) is 19.8 Å². The summed E-state index contributed by atoms with van der Waals surface area (Å²) in [5.41, 5.74) is 5.37. The molecule has 0 aromatic carbocycles. The molecule has 0 spiro atoms. The molecule has 0 atom stereocenters. The third kappa shape index (κ3) is 9.66. The molecule has 0 amide bonds. The smallest absolute Gasteiger partial charge is 0.0500 e. The average molecular weight is 171 g/mol. The lowest BCUT2D eigenvalue weighted by Crippen LogP contribution is -1.99. The second-order valence-electron chi connectivity index (χ2n) is 2.89. The number of hydrogen-bond donors (Lipinski definition) is 1. The predicted molar refractivity (Wildman–Crippen MR) is 53.2 cm³/mol. The van der Waals surface area contributed by atoms with Gasteiger partial charge < -0.3 is 10.5 Å². The van der Waals surface area contributed by atoms with Crippen LogP contribution in [0.5, 0.6) is 0 Å². The molecule has 0 aliphatic carbocycles. The van der Waals surface area contributed by atoms with Gasteiger partial charge in [0.25, 0.3) is 0 Å². The Morgan fingerprint density at radius 2 is 1.83 bits per heavy atom. The van der Waals surface area contributed by atoms with Crippen molar-refractivity contribution >= 4 is 0 Å². The molecule has 0 saturated heterocycles. The molecule has 72 valence electrons. The van der Waals surface area contributed by atoms with Crippen molar-refractivity contribution in [1.29, 1.82) is 0 Å². The number of rotatable bonds is 9. The highest BCUT2D eigenvalue weighted by molar-refractivity contribution is 4.64. The van der Waals surface area contributed by atoms with Crippen LogP contribution in [0.2, 0.25) is 0 Å². The molecular formula is C10H21NO. The largest absolute Gasteiger partial charge is 0.381 e. The Morgan fingerprint density at radius 3 is 2.50 bits per heavy atom. The molecule has 0 fully saturated rings. The molecule has 2 heteroatoms. The van der Waals surface area contributed by atoms with Gasteiger partial charge in [0.1, 0.15) is 0 Å². The number of hydrogen-bond acceptors (Lipinski definition) is 2. The van der Waals surface area contributed by atoms with Crippen molar-refractivity contribution in [3.8, 4) is 0 Å². The summed E-state index contributed by atoms with van der Waals surface area (Å²) in [4.78, 5) is 0. The van der Waals surface area contributed by atoms with Gasteiger partial charge in [-0.3, -0.25) is 0 Å². The van der Waals surface area contributed by atoms with E-state index < -0.39 is 0 Å².